The zero-order chi connectivity index (χ0) is 16.6. The minimum Gasteiger partial charge on any atom is -0.488 e. The molecule has 1 saturated heterocycles. The van der Waals surface area contributed by atoms with E-state index in [1.54, 1.807) is 0 Å². The summed E-state index contributed by atoms with van der Waals surface area (Å²) in [6.07, 6.45) is 2.11. The maximum Gasteiger partial charge on any atom is 0.231 e. The third kappa shape index (κ3) is 2.70. The van der Waals surface area contributed by atoms with Gasteiger partial charge in [0, 0.05) is 37.4 Å². The Bertz CT molecular complexity index is 841. The van der Waals surface area contributed by atoms with Crippen molar-refractivity contribution in [2.45, 2.75) is 6.61 Å². The summed E-state index contributed by atoms with van der Waals surface area (Å²) >= 11 is 0. The normalized spacial score (nSPS) is 18.4. The molecule has 0 aliphatic carbocycles. The standard InChI is InChI=1S/C20H20N2O3/c1-3-17(22-7-5-21-6-8-22)9-16-12-23-19(10-14(1)16)15-2-4-18-20(11-15)25-13-24-18/h1-4,9-11,21H,5-8,12-13H2. The fraction of sp³-hybridized carbons (Fsp3) is 0.300. The molecule has 0 atom stereocenters. The Balaban J connectivity index is 1.43. The summed E-state index contributed by atoms with van der Waals surface area (Å²) < 4.78 is 16.9. The van der Waals surface area contributed by atoms with Gasteiger partial charge < -0.3 is 24.4 Å². The molecule has 3 heterocycles. The van der Waals surface area contributed by atoms with Crippen LogP contribution in [0.3, 0.4) is 0 Å². The molecule has 1 fully saturated rings. The number of ether oxygens (including phenoxy) is 3. The average molecular weight is 336 g/mol. The van der Waals surface area contributed by atoms with Gasteiger partial charge in [0.1, 0.15) is 12.4 Å². The molecular formula is C20H20N2O3. The minimum atomic E-state index is 0.288. The van der Waals surface area contributed by atoms with Crippen LogP contribution < -0.4 is 19.7 Å². The van der Waals surface area contributed by atoms with Crippen molar-refractivity contribution >= 4 is 17.5 Å². The summed E-state index contributed by atoms with van der Waals surface area (Å²) in [7, 11) is 0. The Labute approximate surface area is 146 Å². The smallest absolute Gasteiger partial charge is 0.231 e. The molecule has 0 amide bonds. The maximum atomic E-state index is 6.03. The van der Waals surface area contributed by atoms with E-state index in [0.717, 1.165) is 49.0 Å². The van der Waals surface area contributed by atoms with Gasteiger partial charge in [-0.15, -0.1) is 0 Å². The van der Waals surface area contributed by atoms with Crippen LogP contribution in [0.5, 0.6) is 11.5 Å². The molecule has 2 aromatic carbocycles. The van der Waals surface area contributed by atoms with Gasteiger partial charge in [0.15, 0.2) is 11.5 Å². The highest BCUT2D eigenvalue weighted by Gasteiger charge is 2.19. The van der Waals surface area contributed by atoms with Gasteiger partial charge in [-0.05, 0) is 47.5 Å². The first-order chi connectivity index (χ1) is 12.4. The quantitative estimate of drug-likeness (QED) is 0.913. The van der Waals surface area contributed by atoms with Crippen molar-refractivity contribution in [2.24, 2.45) is 0 Å². The number of nitrogens with zero attached hydrogens (tertiary/aromatic N) is 1. The van der Waals surface area contributed by atoms with Crippen molar-refractivity contribution in [3.05, 3.63) is 53.1 Å². The van der Waals surface area contributed by atoms with Crippen molar-refractivity contribution in [3.8, 4) is 11.5 Å². The third-order valence-corrected chi connectivity index (χ3v) is 4.94. The third-order valence-electron chi connectivity index (χ3n) is 4.94. The van der Waals surface area contributed by atoms with Crippen LogP contribution in [0, 0.1) is 0 Å². The molecule has 0 radical (unpaired) electrons. The lowest BCUT2D eigenvalue weighted by Gasteiger charge is -2.30. The summed E-state index contributed by atoms with van der Waals surface area (Å²) in [5, 5.41) is 3.39. The van der Waals surface area contributed by atoms with Crippen LogP contribution in [0.25, 0.3) is 11.8 Å². The highest BCUT2D eigenvalue weighted by atomic mass is 16.7. The predicted molar refractivity (Wildman–Crippen MR) is 96.7 cm³/mol. The molecular weight excluding hydrogens is 316 g/mol. The van der Waals surface area contributed by atoms with Gasteiger partial charge in [-0.1, -0.05) is 6.07 Å². The van der Waals surface area contributed by atoms with E-state index in [4.69, 9.17) is 14.2 Å². The number of hydrogen-bond acceptors (Lipinski definition) is 5. The molecule has 5 nitrogen and oxygen atoms in total. The van der Waals surface area contributed by atoms with Crippen molar-refractivity contribution in [3.63, 3.8) is 0 Å². The van der Waals surface area contributed by atoms with Gasteiger partial charge in [-0.2, -0.15) is 0 Å². The highest BCUT2D eigenvalue weighted by molar-refractivity contribution is 5.81. The molecule has 0 aromatic heterocycles. The molecule has 5 heteroatoms. The summed E-state index contributed by atoms with van der Waals surface area (Å²) in [4.78, 5) is 2.42. The van der Waals surface area contributed by atoms with Crippen molar-refractivity contribution < 1.29 is 14.2 Å². The maximum absolute atomic E-state index is 6.03. The van der Waals surface area contributed by atoms with Crippen LogP contribution in [0.4, 0.5) is 5.69 Å². The largest absolute Gasteiger partial charge is 0.488 e. The van der Waals surface area contributed by atoms with Crippen LogP contribution in [0.15, 0.2) is 36.4 Å². The monoisotopic (exact) mass is 336 g/mol. The topological polar surface area (TPSA) is 43.0 Å². The van der Waals surface area contributed by atoms with E-state index in [1.165, 1.54) is 16.8 Å². The van der Waals surface area contributed by atoms with Gasteiger partial charge in [-0.3, -0.25) is 0 Å². The molecule has 3 aliphatic rings. The van der Waals surface area contributed by atoms with Crippen LogP contribution in [0.2, 0.25) is 0 Å². The lowest BCUT2D eigenvalue weighted by Crippen LogP contribution is -2.43. The second-order valence-corrected chi connectivity index (χ2v) is 6.49. The predicted octanol–water partition coefficient (Wildman–Crippen LogP) is 2.85. The van der Waals surface area contributed by atoms with Gasteiger partial charge in [0.25, 0.3) is 0 Å². The van der Waals surface area contributed by atoms with E-state index in [9.17, 15) is 0 Å². The summed E-state index contributed by atoms with van der Waals surface area (Å²) in [6.45, 7) is 5.07. The van der Waals surface area contributed by atoms with E-state index in [1.807, 2.05) is 18.2 Å². The Hall–Kier alpha value is -2.66. The molecule has 0 bridgehead atoms. The summed E-state index contributed by atoms with van der Waals surface area (Å²) in [6, 6.07) is 12.6. The second-order valence-electron chi connectivity index (χ2n) is 6.49. The van der Waals surface area contributed by atoms with Crippen molar-refractivity contribution in [1.82, 2.24) is 5.32 Å². The second kappa shape index (κ2) is 6.01. The summed E-state index contributed by atoms with van der Waals surface area (Å²) in [5.74, 6) is 2.45. The van der Waals surface area contributed by atoms with E-state index in [2.05, 4.69) is 34.5 Å². The molecule has 5 rings (SSSR count). The van der Waals surface area contributed by atoms with Gasteiger partial charge >= 0.3 is 0 Å². The first-order valence-electron chi connectivity index (χ1n) is 8.70. The lowest BCUT2D eigenvalue weighted by atomic mass is 10.0. The molecule has 3 aliphatic heterocycles. The Kier molecular flexibility index (Phi) is 3.52. The first kappa shape index (κ1) is 14.7. The fourth-order valence-corrected chi connectivity index (χ4v) is 3.53. The zero-order valence-corrected chi connectivity index (χ0v) is 14.0. The number of fused-ring (bicyclic) bond motifs is 2. The van der Waals surface area contributed by atoms with Gasteiger partial charge in [-0.25, -0.2) is 0 Å². The number of anilines is 1. The van der Waals surface area contributed by atoms with Crippen LogP contribution in [0.1, 0.15) is 16.7 Å². The van der Waals surface area contributed by atoms with Crippen LogP contribution >= 0.6 is 0 Å². The molecule has 0 saturated carbocycles. The SMILES string of the molecule is C1=C(c2ccc3c(c2)OCO3)OCc2cc(N3CCNCC3)ccc21. The van der Waals surface area contributed by atoms with Crippen LogP contribution in [-0.2, 0) is 11.3 Å². The zero-order valence-electron chi connectivity index (χ0n) is 14.0. The summed E-state index contributed by atoms with van der Waals surface area (Å²) in [5.41, 5.74) is 4.75. The van der Waals surface area contributed by atoms with E-state index in [-0.39, 0.29) is 6.79 Å². The minimum absolute atomic E-state index is 0.288. The lowest BCUT2D eigenvalue weighted by molar-refractivity contribution is 0.174. The van der Waals surface area contributed by atoms with E-state index >= 15 is 0 Å². The number of piperazine rings is 1. The molecule has 128 valence electrons. The molecule has 1 N–H and O–H groups in total. The highest BCUT2D eigenvalue weighted by Crippen LogP contribution is 2.37. The number of rotatable bonds is 2. The molecule has 0 unspecified atom stereocenters. The average Bonchev–Trinajstić information content (AvgIpc) is 3.15. The van der Waals surface area contributed by atoms with Gasteiger partial charge in [0.2, 0.25) is 6.79 Å². The Morgan fingerprint density at radius 1 is 0.880 bits per heavy atom. The number of nitrogens with one attached hydrogen (secondary N) is 1. The van der Waals surface area contributed by atoms with Crippen molar-refractivity contribution in [1.29, 1.82) is 0 Å². The molecule has 25 heavy (non-hydrogen) atoms. The number of hydrogen-bond donors (Lipinski definition) is 1. The van der Waals surface area contributed by atoms with Crippen molar-refractivity contribution in [2.75, 3.05) is 37.9 Å². The molecule has 2 aromatic rings. The first-order valence-corrected chi connectivity index (χ1v) is 8.70. The Morgan fingerprint density at radius 2 is 1.76 bits per heavy atom. The van der Waals surface area contributed by atoms with Crippen LogP contribution in [-0.4, -0.2) is 33.0 Å². The van der Waals surface area contributed by atoms with E-state index in [0.29, 0.717) is 6.61 Å². The number of benzene rings is 2. The van der Waals surface area contributed by atoms with Gasteiger partial charge in [0.05, 0.1) is 0 Å². The Morgan fingerprint density at radius 3 is 2.68 bits per heavy atom. The van der Waals surface area contributed by atoms with E-state index < -0.39 is 0 Å². The molecule has 0 spiro atoms. The fourth-order valence-electron chi connectivity index (χ4n) is 3.53.